The van der Waals surface area contributed by atoms with Crippen LogP contribution in [0.3, 0.4) is 0 Å². The molecule has 0 amide bonds. The molecule has 6 heterocycles. The van der Waals surface area contributed by atoms with Gasteiger partial charge in [-0.1, -0.05) is 146 Å². The lowest BCUT2D eigenvalue weighted by atomic mass is 10.1. The number of ether oxygens (including phenoxy) is 6. The van der Waals surface area contributed by atoms with Crippen LogP contribution in [0.4, 0.5) is 0 Å². The number of benzene rings is 3. The Morgan fingerprint density at radius 2 is 1.02 bits per heavy atom. The number of halogens is 3. The van der Waals surface area contributed by atoms with Gasteiger partial charge in [0.1, 0.15) is 25.3 Å². The first-order chi connectivity index (χ1) is 39.0. The van der Waals surface area contributed by atoms with Gasteiger partial charge in [-0.3, -0.25) is 0 Å². The molecule has 82 heavy (non-hydrogen) atoms. The molecule has 428 valence electrons. The van der Waals surface area contributed by atoms with Crippen LogP contribution in [0.2, 0.25) is 15.5 Å². The molecule has 3 aliphatic rings. The van der Waals surface area contributed by atoms with Gasteiger partial charge in [-0.2, -0.15) is 4.52 Å². The maximum absolute atomic E-state index is 12.5. The molecule has 0 atom stereocenters. The van der Waals surface area contributed by atoms with Crippen molar-refractivity contribution in [1.29, 1.82) is 0 Å². The number of rotatable bonds is 17. The first-order valence-electron chi connectivity index (χ1n) is 26.7. The molecule has 0 radical (unpaired) electrons. The molecule has 0 bridgehead atoms. The molecular weight excluding hydrogens is 1100 g/mol. The minimum absolute atomic E-state index is 0. The van der Waals surface area contributed by atoms with Crippen LogP contribution in [-0.4, -0.2) is 61.4 Å². The fraction of sp³-hybridized carbons (Fsp3) is 0.308. The molecule has 0 spiro atoms. The minimum Gasteiger partial charge on any atom is -0.486 e. The number of hydrogen-bond acceptors (Lipinski definition) is 11. The van der Waals surface area contributed by atoms with Gasteiger partial charge < -0.3 is 37.2 Å². The smallest absolute Gasteiger partial charge is 0.361 e. The van der Waals surface area contributed by atoms with Gasteiger partial charge in [0.25, 0.3) is 0 Å². The van der Waals surface area contributed by atoms with Gasteiger partial charge in [-0.05, 0) is 136 Å². The molecule has 17 heteroatoms. The number of carbonyl (C=O) groups is 3. The molecular formula is C65H68Cl3N5O9. The highest BCUT2D eigenvalue weighted by Gasteiger charge is 2.33. The SMILES string of the molecule is C.C.C#CC1CC1.CCOC(=O)c1c(C2CC2)cn2c(Cl)c(OCc3ccccc3)ccc12.CCOC(=O)c1cc(C2CC2)n2c(Cl)c(OCc3ccccc3)ccc12.CCOC(=O)c1nnn2c(Cl)c(OCc3ccccc3)ccc12. The Morgan fingerprint density at radius 1 is 0.561 bits per heavy atom. The number of hydrogen-bond donors (Lipinski definition) is 0. The zero-order valence-corrected chi connectivity index (χ0v) is 46.9. The largest absolute Gasteiger partial charge is 0.486 e. The second-order valence-electron chi connectivity index (χ2n) is 19.1. The summed E-state index contributed by atoms with van der Waals surface area (Å²) in [4.78, 5) is 36.6. The van der Waals surface area contributed by atoms with Crippen LogP contribution < -0.4 is 14.2 Å². The lowest BCUT2D eigenvalue weighted by Crippen LogP contribution is -2.06. The van der Waals surface area contributed by atoms with Crippen LogP contribution in [0.15, 0.2) is 140 Å². The maximum atomic E-state index is 12.5. The summed E-state index contributed by atoms with van der Waals surface area (Å²) >= 11 is 19.5. The molecule has 0 aliphatic heterocycles. The molecule has 0 saturated heterocycles. The van der Waals surface area contributed by atoms with E-state index in [-0.39, 0.29) is 44.2 Å². The summed E-state index contributed by atoms with van der Waals surface area (Å²) in [5.41, 5.74) is 8.57. The summed E-state index contributed by atoms with van der Waals surface area (Å²) < 4.78 is 38.1. The van der Waals surface area contributed by atoms with E-state index in [2.05, 4.69) is 16.2 Å². The molecule has 0 unspecified atom stereocenters. The summed E-state index contributed by atoms with van der Waals surface area (Å²) in [6.45, 7) is 7.58. The third-order valence-corrected chi connectivity index (χ3v) is 14.3. The Hall–Kier alpha value is -7.96. The third kappa shape index (κ3) is 15.1. The Morgan fingerprint density at radius 3 is 1.50 bits per heavy atom. The van der Waals surface area contributed by atoms with Gasteiger partial charge in [0.05, 0.1) is 42.0 Å². The third-order valence-electron chi connectivity index (χ3n) is 13.2. The van der Waals surface area contributed by atoms with Crippen molar-refractivity contribution in [2.45, 2.75) is 106 Å². The Kier molecular flexibility index (Phi) is 21.9. The minimum atomic E-state index is -0.531. The van der Waals surface area contributed by atoms with Crippen molar-refractivity contribution in [3.63, 3.8) is 0 Å². The zero-order chi connectivity index (χ0) is 56.1. The fourth-order valence-corrected chi connectivity index (χ4v) is 9.50. The van der Waals surface area contributed by atoms with Crippen LogP contribution in [0.5, 0.6) is 17.2 Å². The van der Waals surface area contributed by atoms with Crippen molar-refractivity contribution in [2.75, 3.05) is 19.8 Å². The van der Waals surface area contributed by atoms with E-state index in [0.717, 1.165) is 64.7 Å². The van der Waals surface area contributed by atoms with Crippen molar-refractivity contribution in [2.24, 2.45) is 5.92 Å². The van der Waals surface area contributed by atoms with Gasteiger partial charge in [0.2, 0.25) is 0 Å². The summed E-state index contributed by atoms with van der Waals surface area (Å²) in [6.07, 6.45) is 13.9. The second-order valence-corrected chi connectivity index (χ2v) is 20.2. The molecule has 9 aromatic rings. The van der Waals surface area contributed by atoms with Crippen molar-refractivity contribution in [3.05, 3.63) is 200 Å². The summed E-state index contributed by atoms with van der Waals surface area (Å²) in [6, 6.07) is 42.3. The normalized spacial score (nSPS) is 13.0. The fourth-order valence-electron chi connectivity index (χ4n) is 8.69. The maximum Gasteiger partial charge on any atom is 0.361 e. The highest BCUT2D eigenvalue weighted by Crippen LogP contribution is 2.46. The standard InChI is InChI=1S/2C21H20ClNO3.C16H14ClN3O3.C5H6.2CH4/c1-2-25-21(24)16-12-18(15-8-9-15)23-17(16)10-11-19(20(23)22)26-13-14-6-4-3-5-7-14;1-2-25-21(24)19-16(15-8-9-15)12-23-17(19)10-11-18(20(23)22)26-13-14-6-4-3-5-7-14;1-2-22-16(21)14-12-8-9-13(15(17)20(12)19-18-14)23-10-11-6-4-3-5-7-11;1-2-5-3-4-5;;/h2*3-7,10-12,15H,2,8-9,13H2,1H3;3-9H,2,10H2,1H3;1,5H,3-4H2;2*1H4. The van der Waals surface area contributed by atoms with Crippen molar-refractivity contribution >= 4 is 69.3 Å². The van der Waals surface area contributed by atoms with E-state index in [1.165, 1.54) is 17.4 Å². The van der Waals surface area contributed by atoms with Gasteiger partial charge in [-0.15, -0.1) is 17.4 Å². The van der Waals surface area contributed by atoms with E-state index in [4.69, 9.17) is 69.6 Å². The first-order valence-corrected chi connectivity index (χ1v) is 27.8. The van der Waals surface area contributed by atoms with E-state index in [1.54, 1.807) is 26.0 Å². The number of fused-ring (bicyclic) bond motifs is 3. The van der Waals surface area contributed by atoms with Crippen molar-refractivity contribution in [1.82, 2.24) is 23.6 Å². The lowest BCUT2D eigenvalue weighted by molar-refractivity contribution is 0.0514. The summed E-state index contributed by atoms with van der Waals surface area (Å²) in [5, 5.41) is 8.94. The molecule has 0 N–H and O–H groups in total. The van der Waals surface area contributed by atoms with Gasteiger partial charge in [0.15, 0.2) is 38.4 Å². The van der Waals surface area contributed by atoms with Gasteiger partial charge >= 0.3 is 17.9 Å². The van der Waals surface area contributed by atoms with Crippen LogP contribution in [-0.2, 0) is 34.0 Å². The lowest BCUT2D eigenvalue weighted by Gasteiger charge is -2.12. The number of nitrogens with zero attached hydrogens (tertiary/aromatic N) is 5. The average molecular weight is 1170 g/mol. The quantitative estimate of drug-likeness (QED) is 0.0372. The van der Waals surface area contributed by atoms with E-state index < -0.39 is 5.97 Å². The number of terminal acetylenes is 1. The highest BCUT2D eigenvalue weighted by molar-refractivity contribution is 6.32. The van der Waals surface area contributed by atoms with Crippen molar-refractivity contribution in [3.8, 4) is 29.6 Å². The zero-order valence-electron chi connectivity index (χ0n) is 44.6. The monoisotopic (exact) mass is 1170 g/mol. The molecule has 3 saturated carbocycles. The Labute approximate surface area is 494 Å². The predicted molar refractivity (Wildman–Crippen MR) is 322 cm³/mol. The van der Waals surface area contributed by atoms with Crippen molar-refractivity contribution < 1.29 is 42.8 Å². The van der Waals surface area contributed by atoms with Crippen LogP contribution in [0.25, 0.3) is 16.6 Å². The van der Waals surface area contributed by atoms with Gasteiger partial charge in [0, 0.05) is 17.8 Å². The predicted octanol–water partition coefficient (Wildman–Crippen LogP) is 15.9. The Balaban J connectivity index is 0.000000168. The highest BCUT2D eigenvalue weighted by atomic mass is 35.5. The molecule has 3 aromatic carbocycles. The molecule has 12 rings (SSSR count). The molecule has 14 nitrogen and oxygen atoms in total. The number of aromatic nitrogens is 5. The average Bonchev–Trinajstić information content (AvgIpc) is 4.61. The van der Waals surface area contributed by atoms with Crippen LogP contribution >= 0.6 is 34.8 Å². The van der Waals surface area contributed by atoms with E-state index >= 15 is 0 Å². The molecule has 3 aliphatic carbocycles. The second kappa shape index (κ2) is 29.1. The number of esters is 3. The first kappa shape index (κ1) is 61.7. The summed E-state index contributed by atoms with van der Waals surface area (Å²) in [7, 11) is 0. The number of pyridine rings is 3. The topological polar surface area (TPSA) is 146 Å². The molecule has 3 fully saturated rings. The van der Waals surface area contributed by atoms with Gasteiger partial charge in [-0.25, -0.2) is 14.4 Å². The van der Waals surface area contributed by atoms with E-state index in [0.29, 0.717) is 95.0 Å². The van der Waals surface area contributed by atoms with Crippen LogP contribution in [0, 0.1) is 18.3 Å². The molecule has 6 aromatic heterocycles. The van der Waals surface area contributed by atoms with E-state index in [9.17, 15) is 14.4 Å². The van der Waals surface area contributed by atoms with Crippen LogP contribution in [0.1, 0.15) is 145 Å². The van der Waals surface area contributed by atoms with E-state index in [1.807, 2.05) is 143 Å². The summed E-state index contributed by atoms with van der Waals surface area (Å²) in [5.74, 6) is 4.69. The Bertz CT molecular complexity index is 3630. The number of carbonyl (C=O) groups excluding carboxylic acids is 3.